The average molecular weight is 293 g/mol. The molecule has 1 atom stereocenters. The maximum Gasteiger partial charge on any atom is 0.262 e. The molecular weight excluding hydrogens is 267 g/mol. The molecule has 1 aromatic rings. The summed E-state index contributed by atoms with van der Waals surface area (Å²) in [6.07, 6.45) is 1.89. The summed E-state index contributed by atoms with van der Waals surface area (Å²) < 4.78 is 20.7. The van der Waals surface area contributed by atoms with Gasteiger partial charge in [0.05, 0.1) is 5.31 Å². The number of rotatable bonds is 3. The lowest BCUT2D eigenvalue weighted by atomic mass is 9.93. The van der Waals surface area contributed by atoms with Gasteiger partial charge in [-0.05, 0) is 23.6 Å². The molecule has 0 aliphatic carbocycles. The van der Waals surface area contributed by atoms with Crippen molar-refractivity contribution in [3.8, 4) is 0 Å². The summed E-state index contributed by atoms with van der Waals surface area (Å²) >= 11 is 0. The van der Waals surface area contributed by atoms with Crippen LogP contribution in [0.3, 0.4) is 0 Å². The molecule has 0 heterocycles. The summed E-state index contributed by atoms with van der Waals surface area (Å²) in [6.45, 7) is 12.0. The van der Waals surface area contributed by atoms with Crippen LogP contribution in [0.2, 0.25) is 0 Å². The fourth-order valence-corrected chi connectivity index (χ4v) is 3.72. The van der Waals surface area contributed by atoms with Crippen molar-refractivity contribution in [1.82, 2.24) is 0 Å². The lowest BCUT2D eigenvalue weighted by Gasteiger charge is -2.26. The Morgan fingerprint density at radius 2 is 1.75 bits per heavy atom. The number of allylic oxidation sites excluding steroid dienone is 1. The van der Waals surface area contributed by atoms with E-state index in [1.54, 1.807) is 24.3 Å². The van der Waals surface area contributed by atoms with Crippen LogP contribution in [0.25, 0.3) is 0 Å². The van der Waals surface area contributed by atoms with Gasteiger partial charge in [0.25, 0.3) is 7.37 Å². The largest absolute Gasteiger partial charge is 0.338 e. The molecular formula is C17H25O2P. The molecule has 0 spiro atoms. The summed E-state index contributed by atoms with van der Waals surface area (Å²) in [6, 6.07) is 8.92. The molecule has 0 amide bonds. The summed E-state index contributed by atoms with van der Waals surface area (Å²) in [5.74, 6) is 0. The quantitative estimate of drug-likeness (QED) is 0.647. The van der Waals surface area contributed by atoms with Gasteiger partial charge in [-0.25, -0.2) is 0 Å². The van der Waals surface area contributed by atoms with Crippen molar-refractivity contribution in [3.63, 3.8) is 0 Å². The Morgan fingerprint density at radius 3 is 2.15 bits per heavy atom. The van der Waals surface area contributed by atoms with E-state index < -0.39 is 12.8 Å². The monoisotopic (exact) mass is 293 g/mol. The smallest absolute Gasteiger partial charge is 0.262 e. The first-order chi connectivity index (χ1) is 9.50. The highest BCUT2D eigenvalue weighted by atomic mass is 31.2. The molecule has 3 heteroatoms. The standard InChI is InChI=1S/C17H25O2P/c1-16(2,3)13-12-15(17(4,5)6)20(18,19)14-10-8-7-9-11-14/h7-11,13H,1-6H3,(H,18,19)/i/hD. The van der Waals surface area contributed by atoms with E-state index in [9.17, 15) is 4.57 Å². The zero-order chi connectivity index (χ0) is 16.3. The first kappa shape index (κ1) is 15.3. The average Bonchev–Trinajstić information content (AvgIpc) is 2.36. The molecule has 110 valence electrons. The molecule has 1 N–H and O–H groups in total. The molecule has 0 radical (unpaired) electrons. The van der Waals surface area contributed by atoms with E-state index in [4.69, 9.17) is 6.33 Å². The van der Waals surface area contributed by atoms with E-state index in [2.05, 4.69) is 26.5 Å². The minimum Gasteiger partial charge on any atom is -0.338 e. The fraction of sp³-hybridized carbons (Fsp3) is 0.471. The van der Waals surface area contributed by atoms with E-state index in [1.807, 2.05) is 32.9 Å². The first-order valence-corrected chi connectivity index (χ1v) is 8.43. The summed E-state index contributed by atoms with van der Waals surface area (Å²) in [4.78, 5) is 4.76. The molecule has 2 nitrogen and oxygen atoms in total. The molecule has 0 aliphatic heterocycles. The van der Waals surface area contributed by atoms with Crippen molar-refractivity contribution in [3.05, 3.63) is 47.5 Å². The molecule has 0 aromatic heterocycles. The van der Waals surface area contributed by atoms with Gasteiger partial charge in [0.1, 0.15) is 0 Å². The second kappa shape index (κ2) is 5.74. The van der Waals surface area contributed by atoms with E-state index >= 15 is 0 Å². The Morgan fingerprint density at radius 1 is 1.20 bits per heavy atom. The summed E-state index contributed by atoms with van der Waals surface area (Å²) in [7, 11) is -3.43. The molecule has 20 heavy (non-hydrogen) atoms. The first-order valence-electron chi connectivity index (χ1n) is 7.21. The molecule has 1 aromatic carbocycles. The van der Waals surface area contributed by atoms with Crippen molar-refractivity contribution >= 4 is 12.7 Å². The SMILES string of the molecule is [2H]OP(=O)(C(=C=CC(C)(C)C)C(C)(C)C)c1ccccc1. The third kappa shape index (κ3) is 4.49. The highest BCUT2D eigenvalue weighted by Crippen LogP contribution is 2.55. The molecule has 1 rings (SSSR count). The van der Waals surface area contributed by atoms with Crippen molar-refractivity contribution in [2.24, 2.45) is 10.8 Å². The Kier molecular flexibility index (Phi) is 4.39. The third-order valence-electron chi connectivity index (χ3n) is 2.74. The van der Waals surface area contributed by atoms with Crippen LogP contribution in [0.1, 0.15) is 41.5 Å². The van der Waals surface area contributed by atoms with Crippen molar-refractivity contribution < 1.29 is 9.46 Å². The van der Waals surface area contributed by atoms with Crippen LogP contribution >= 0.6 is 7.37 Å². The molecule has 1 unspecified atom stereocenters. The third-order valence-corrected chi connectivity index (χ3v) is 5.11. The van der Waals surface area contributed by atoms with Gasteiger partial charge in [-0.15, -0.1) is 5.73 Å². The van der Waals surface area contributed by atoms with Crippen LogP contribution in [0.5, 0.6) is 0 Å². The highest BCUT2D eigenvalue weighted by Gasteiger charge is 2.35. The van der Waals surface area contributed by atoms with Crippen LogP contribution in [-0.4, -0.2) is 6.33 Å². The van der Waals surface area contributed by atoms with E-state index in [0.29, 0.717) is 10.6 Å². The van der Waals surface area contributed by atoms with Gasteiger partial charge < -0.3 is 4.90 Å². The maximum atomic E-state index is 13.3. The molecule has 0 fully saturated rings. The molecule has 0 aliphatic rings. The number of hydrogen-bond donors (Lipinski definition) is 1. The summed E-state index contributed by atoms with van der Waals surface area (Å²) in [5.41, 5.74) is 2.68. The molecule has 0 saturated carbocycles. The predicted molar refractivity (Wildman–Crippen MR) is 86.4 cm³/mol. The second-order valence-corrected chi connectivity index (χ2v) is 9.21. The van der Waals surface area contributed by atoms with Crippen molar-refractivity contribution in [1.29, 1.82) is 1.43 Å². The highest BCUT2D eigenvalue weighted by molar-refractivity contribution is 7.70. The zero-order valence-electron chi connectivity index (χ0n) is 14.2. The van der Waals surface area contributed by atoms with Crippen LogP contribution < -0.4 is 5.30 Å². The van der Waals surface area contributed by atoms with Gasteiger partial charge in [-0.3, -0.25) is 4.57 Å². The Bertz CT molecular complexity index is 585. The van der Waals surface area contributed by atoms with Crippen LogP contribution in [-0.2, 0) is 4.57 Å². The predicted octanol–water partition coefficient (Wildman–Crippen LogP) is 4.71. The number of hydrogen-bond acceptors (Lipinski definition) is 2. The Hall–Kier alpha value is -1.07. The lowest BCUT2D eigenvalue weighted by molar-refractivity contribution is 0.463. The zero-order valence-corrected chi connectivity index (χ0v) is 14.1. The summed E-state index contributed by atoms with van der Waals surface area (Å²) in [5, 5.41) is 1.06. The topological polar surface area (TPSA) is 37.3 Å². The molecule has 0 bridgehead atoms. The van der Waals surface area contributed by atoms with Crippen LogP contribution in [0.15, 0.2) is 47.5 Å². The lowest BCUT2D eigenvalue weighted by Crippen LogP contribution is -2.15. The van der Waals surface area contributed by atoms with Crippen molar-refractivity contribution in [2.75, 3.05) is 0 Å². The van der Waals surface area contributed by atoms with Gasteiger partial charge in [-0.2, -0.15) is 0 Å². The Balaban J connectivity index is 3.59. The minimum atomic E-state index is -3.43. The van der Waals surface area contributed by atoms with Crippen LogP contribution in [0.4, 0.5) is 0 Å². The number of benzene rings is 1. The van der Waals surface area contributed by atoms with E-state index in [-0.39, 0.29) is 5.41 Å². The van der Waals surface area contributed by atoms with E-state index in [1.165, 1.54) is 0 Å². The van der Waals surface area contributed by atoms with Gasteiger partial charge >= 0.3 is 0 Å². The van der Waals surface area contributed by atoms with Gasteiger partial charge in [0.2, 0.25) is 1.43 Å². The van der Waals surface area contributed by atoms with Gasteiger partial charge in [0.15, 0.2) is 0 Å². The Labute approximate surface area is 124 Å². The minimum absolute atomic E-state index is 0.0833. The van der Waals surface area contributed by atoms with Crippen LogP contribution in [0, 0.1) is 10.8 Å². The molecule has 0 saturated heterocycles. The second-order valence-electron chi connectivity index (χ2n) is 7.14. The van der Waals surface area contributed by atoms with E-state index in [0.717, 1.165) is 0 Å². The van der Waals surface area contributed by atoms with Crippen molar-refractivity contribution in [2.45, 2.75) is 41.5 Å². The van der Waals surface area contributed by atoms with Gasteiger partial charge in [0, 0.05) is 10.7 Å². The maximum absolute atomic E-state index is 13.3. The van der Waals surface area contributed by atoms with Gasteiger partial charge in [-0.1, -0.05) is 59.7 Å². The normalized spacial score (nSPS) is 15.8. The fourth-order valence-electron chi connectivity index (χ4n) is 1.78.